The fourth-order valence-corrected chi connectivity index (χ4v) is 9.09. The number of allylic oxidation sites excluding steroid dienone is 1. The van der Waals surface area contributed by atoms with Gasteiger partial charge in [0.05, 0.1) is 37.1 Å². The fraction of sp³-hybridized carbons (Fsp3) is 0.611. The highest BCUT2D eigenvalue weighted by Crippen LogP contribution is 2.61. The lowest BCUT2D eigenvalue weighted by molar-refractivity contribution is -0.160. The zero-order valence-corrected chi connectivity index (χ0v) is 28.8. The number of fused-ring (bicyclic) bond motifs is 1. The molecule has 47 heavy (non-hydrogen) atoms. The van der Waals surface area contributed by atoms with E-state index in [1.54, 1.807) is 19.1 Å². The lowest BCUT2D eigenvalue weighted by Crippen LogP contribution is -2.61. The van der Waals surface area contributed by atoms with Crippen LogP contribution in [0.5, 0.6) is 0 Å². The van der Waals surface area contributed by atoms with Crippen LogP contribution in [0.25, 0.3) is 0 Å². The van der Waals surface area contributed by atoms with Gasteiger partial charge in [-0.1, -0.05) is 77.7 Å². The van der Waals surface area contributed by atoms with Crippen LogP contribution in [0.4, 0.5) is 0 Å². The number of likely N-dealkylation sites (tertiary alicyclic amines) is 1. The summed E-state index contributed by atoms with van der Waals surface area (Å²) in [7, 11) is 0. The molecule has 1 aromatic rings. The van der Waals surface area contributed by atoms with Crippen LogP contribution in [0.2, 0.25) is 0 Å². The average molecular weight is 715 g/mol. The van der Waals surface area contributed by atoms with Crippen LogP contribution < -0.4 is 5.32 Å². The maximum atomic E-state index is 14.9. The molecule has 11 heteroatoms. The lowest BCUT2D eigenvalue weighted by atomic mass is 9.70. The van der Waals surface area contributed by atoms with E-state index in [0.29, 0.717) is 25.8 Å². The Morgan fingerprint density at radius 1 is 1.19 bits per heavy atom. The summed E-state index contributed by atoms with van der Waals surface area (Å²) < 4.78 is 12.5. The maximum absolute atomic E-state index is 14.9. The molecule has 1 saturated carbocycles. The van der Waals surface area contributed by atoms with Crippen molar-refractivity contribution in [3.8, 4) is 0 Å². The Hall–Kier alpha value is -3.02. The second-order valence-electron chi connectivity index (χ2n) is 13.4. The molecule has 8 atom stereocenters. The highest BCUT2D eigenvalue weighted by molar-refractivity contribution is 9.09. The molecule has 3 heterocycles. The van der Waals surface area contributed by atoms with Crippen molar-refractivity contribution in [3.63, 3.8) is 0 Å². The van der Waals surface area contributed by atoms with Crippen molar-refractivity contribution in [1.29, 1.82) is 0 Å². The number of nitrogens with one attached hydrogen (secondary N) is 1. The molecule has 3 amide bonds. The monoisotopic (exact) mass is 713 g/mol. The smallest absolute Gasteiger partial charge is 0.312 e. The van der Waals surface area contributed by atoms with Crippen LogP contribution in [0.15, 0.2) is 55.6 Å². The number of aliphatic hydroxyl groups excluding tert-OH is 1. The van der Waals surface area contributed by atoms with Gasteiger partial charge >= 0.3 is 5.97 Å². The molecule has 1 aromatic carbocycles. The molecule has 0 radical (unpaired) electrons. The fourth-order valence-electron chi connectivity index (χ4n) is 8.15. The largest absolute Gasteiger partial charge is 0.460 e. The van der Waals surface area contributed by atoms with Gasteiger partial charge in [-0.2, -0.15) is 0 Å². The second-order valence-corrected chi connectivity index (χ2v) is 14.6. The molecule has 2 N–H and O–H groups in total. The summed E-state index contributed by atoms with van der Waals surface area (Å²) >= 11 is 3.73. The predicted octanol–water partition coefficient (Wildman–Crippen LogP) is 3.70. The number of hydrogen-bond donors (Lipinski definition) is 2. The Morgan fingerprint density at radius 2 is 1.91 bits per heavy atom. The van der Waals surface area contributed by atoms with Gasteiger partial charge in [0.15, 0.2) is 0 Å². The van der Waals surface area contributed by atoms with Crippen LogP contribution in [-0.2, 0) is 35.1 Å². The minimum atomic E-state index is -1.28. The number of halogens is 1. The third-order valence-corrected chi connectivity index (χ3v) is 11.1. The van der Waals surface area contributed by atoms with Gasteiger partial charge in [0.1, 0.15) is 17.7 Å². The topological polar surface area (TPSA) is 125 Å². The molecule has 4 fully saturated rings. The first-order valence-electron chi connectivity index (χ1n) is 16.9. The number of ether oxygens (including phenoxy) is 2. The number of amides is 3. The van der Waals surface area contributed by atoms with Crippen molar-refractivity contribution >= 4 is 39.6 Å². The van der Waals surface area contributed by atoms with E-state index in [0.717, 1.165) is 37.7 Å². The van der Waals surface area contributed by atoms with Gasteiger partial charge in [0, 0.05) is 23.8 Å². The lowest BCUT2D eigenvalue weighted by Gasteiger charge is -2.42. The van der Waals surface area contributed by atoms with Gasteiger partial charge in [-0.25, -0.2) is 0 Å². The number of aliphatic hydroxyl groups is 1. The van der Waals surface area contributed by atoms with E-state index in [1.807, 2.05) is 35.2 Å². The molecule has 3 saturated heterocycles. The molecule has 10 nitrogen and oxygen atoms in total. The van der Waals surface area contributed by atoms with Crippen LogP contribution in [0.1, 0.15) is 63.9 Å². The number of benzene rings is 1. The Balaban J connectivity index is 1.47. The minimum absolute atomic E-state index is 0.00465. The highest BCUT2D eigenvalue weighted by atomic mass is 79.9. The van der Waals surface area contributed by atoms with Crippen molar-refractivity contribution in [2.45, 2.75) is 105 Å². The molecule has 5 rings (SSSR count). The average Bonchev–Trinajstić information content (AvgIpc) is 3.67. The number of hydrogen-bond acceptors (Lipinski definition) is 7. The first-order chi connectivity index (χ1) is 22.7. The van der Waals surface area contributed by atoms with Crippen molar-refractivity contribution in [2.75, 3.05) is 19.7 Å². The van der Waals surface area contributed by atoms with Crippen molar-refractivity contribution in [3.05, 3.63) is 61.2 Å². The molecular weight excluding hydrogens is 666 g/mol. The Morgan fingerprint density at radius 3 is 2.57 bits per heavy atom. The normalized spacial score (nSPS) is 29.6. The number of carbonyl (C=O) groups excluding carboxylic acids is 4. The van der Waals surface area contributed by atoms with E-state index in [9.17, 15) is 24.3 Å². The molecule has 3 aliphatic heterocycles. The highest BCUT2D eigenvalue weighted by Gasteiger charge is 2.77. The zero-order valence-electron chi connectivity index (χ0n) is 27.2. The van der Waals surface area contributed by atoms with E-state index >= 15 is 0 Å². The summed E-state index contributed by atoms with van der Waals surface area (Å²) in [6.45, 7) is 9.33. The summed E-state index contributed by atoms with van der Waals surface area (Å²) in [5, 5.41) is 13.5. The number of carbonyl (C=O) groups is 4. The zero-order chi connectivity index (χ0) is 33.7. The van der Waals surface area contributed by atoms with Crippen LogP contribution >= 0.6 is 15.9 Å². The standard InChI is InChI=1S/C36H48BrN3O7/c1-4-6-17-28(42)38-21-23(3)46-35(45)29-30-33(43)40(26(22-41)19-24-13-9-7-10-14-24)32(36(30)20-27(37)31(29)47-36)34(44)39(18-5-2)25-15-11-8-12-16-25/h4-5,7,9-10,13-14,23,25-27,29-32,41H,1-2,6,8,11-12,15-22H2,3H3,(H,38,42)/t23-,26+,27?,29-,30+,31-,32-,36+/m0/s1. The SMILES string of the molecule is C=CCCC(=O)NC[C@H](C)OC(=O)[C@@H]1[C@H]2O[C@@]3(CC2Br)[C@H](C(=O)N(CC=C)C2CCCCC2)N([C@@H](CO)Cc2ccccc2)C(=O)[C@@H]13. The summed E-state index contributed by atoms with van der Waals surface area (Å²) in [5.74, 6) is -3.30. The molecule has 2 bridgehead atoms. The quantitative estimate of drug-likeness (QED) is 0.161. The molecule has 1 aliphatic carbocycles. The number of alkyl halides is 1. The van der Waals surface area contributed by atoms with Crippen LogP contribution in [0.3, 0.4) is 0 Å². The Labute approximate surface area is 286 Å². The summed E-state index contributed by atoms with van der Waals surface area (Å²) in [4.78, 5) is 58.7. The summed E-state index contributed by atoms with van der Waals surface area (Å²) in [5.41, 5.74) is -0.365. The van der Waals surface area contributed by atoms with Crippen molar-refractivity contribution in [1.82, 2.24) is 15.1 Å². The van der Waals surface area contributed by atoms with Gasteiger partial charge < -0.3 is 29.7 Å². The first kappa shape index (κ1) is 35.3. The van der Waals surface area contributed by atoms with Crippen molar-refractivity contribution in [2.24, 2.45) is 11.8 Å². The van der Waals surface area contributed by atoms with Crippen LogP contribution in [0, 0.1) is 11.8 Å². The van der Waals surface area contributed by atoms with Crippen molar-refractivity contribution < 1.29 is 33.8 Å². The Kier molecular flexibility index (Phi) is 11.6. The minimum Gasteiger partial charge on any atom is -0.460 e. The van der Waals surface area contributed by atoms with E-state index < -0.39 is 47.7 Å². The molecule has 4 aliphatic rings. The molecule has 0 aromatic heterocycles. The van der Waals surface area contributed by atoms with Gasteiger partial charge in [0.2, 0.25) is 17.7 Å². The maximum Gasteiger partial charge on any atom is 0.312 e. The van der Waals surface area contributed by atoms with Gasteiger partial charge in [-0.15, -0.1) is 13.2 Å². The summed E-state index contributed by atoms with van der Waals surface area (Å²) in [6, 6.07) is 7.81. The van der Waals surface area contributed by atoms with E-state index in [1.165, 1.54) is 4.90 Å². The van der Waals surface area contributed by atoms with E-state index in [2.05, 4.69) is 34.4 Å². The van der Waals surface area contributed by atoms with Crippen LogP contribution in [-0.4, -0.2) is 99.1 Å². The number of esters is 1. The van der Waals surface area contributed by atoms with Gasteiger partial charge in [-0.05, 0) is 44.6 Å². The molecule has 256 valence electrons. The van der Waals surface area contributed by atoms with E-state index in [4.69, 9.17) is 9.47 Å². The predicted molar refractivity (Wildman–Crippen MR) is 180 cm³/mol. The van der Waals surface area contributed by atoms with Gasteiger partial charge in [0.25, 0.3) is 0 Å². The van der Waals surface area contributed by atoms with E-state index in [-0.39, 0.29) is 48.2 Å². The molecular formula is C36H48BrN3O7. The third kappa shape index (κ3) is 7.08. The number of nitrogens with zero attached hydrogens (tertiary/aromatic N) is 2. The van der Waals surface area contributed by atoms with Gasteiger partial charge in [-0.3, -0.25) is 19.2 Å². The summed E-state index contributed by atoms with van der Waals surface area (Å²) in [6.07, 6.45) is 8.46. The Bertz CT molecular complexity index is 1320. The number of rotatable bonds is 15. The second kappa shape index (κ2) is 15.5. The molecule has 1 unspecified atom stereocenters. The molecule has 1 spiro atoms. The third-order valence-electron chi connectivity index (χ3n) is 10.3. The first-order valence-corrected chi connectivity index (χ1v) is 17.9.